The molecule has 0 N–H and O–H groups in total. The van der Waals surface area contributed by atoms with Gasteiger partial charge in [-0.05, 0) is 57.5 Å². The highest BCUT2D eigenvalue weighted by Gasteiger charge is 2.36. The first-order chi connectivity index (χ1) is 17.0. The van der Waals surface area contributed by atoms with E-state index in [1.165, 1.54) is 10.6 Å². The Balaban J connectivity index is 1.55. The van der Waals surface area contributed by atoms with Crippen molar-refractivity contribution in [3.63, 3.8) is 0 Å². The average Bonchev–Trinajstić information content (AvgIpc) is 3.42. The number of nitrogens with zero attached hydrogens (tertiary/aromatic N) is 5. The summed E-state index contributed by atoms with van der Waals surface area (Å²) in [6.45, 7) is 8.23. The van der Waals surface area contributed by atoms with Crippen LogP contribution in [0.5, 0.6) is 0 Å². The molecule has 0 unspecified atom stereocenters. The fourth-order valence-electron chi connectivity index (χ4n) is 5.17. The van der Waals surface area contributed by atoms with Gasteiger partial charge in [-0.3, -0.25) is 9.59 Å². The van der Waals surface area contributed by atoms with Gasteiger partial charge < -0.3 is 18.6 Å². The van der Waals surface area contributed by atoms with E-state index in [2.05, 4.69) is 4.98 Å². The van der Waals surface area contributed by atoms with Crippen molar-refractivity contribution in [1.82, 2.24) is 23.6 Å². The quantitative estimate of drug-likeness (QED) is 0.401. The van der Waals surface area contributed by atoms with Crippen LogP contribution < -0.4 is 5.56 Å². The summed E-state index contributed by atoms with van der Waals surface area (Å²) < 4.78 is 44.9. The van der Waals surface area contributed by atoms with Gasteiger partial charge in [0.25, 0.3) is 11.5 Å². The number of pyridine rings is 1. The van der Waals surface area contributed by atoms with Crippen LogP contribution in [0.15, 0.2) is 53.8 Å². The van der Waals surface area contributed by atoms with Gasteiger partial charge >= 0.3 is 6.18 Å². The normalized spacial score (nSPS) is 17.0. The number of halogens is 3. The van der Waals surface area contributed by atoms with E-state index in [9.17, 15) is 22.8 Å². The molecule has 1 aliphatic rings. The Morgan fingerprint density at radius 2 is 1.89 bits per heavy atom. The maximum Gasteiger partial charge on any atom is 0.416 e. The van der Waals surface area contributed by atoms with Crippen LogP contribution in [0.4, 0.5) is 13.2 Å². The lowest BCUT2D eigenvalue weighted by Gasteiger charge is -2.39. The third kappa shape index (κ3) is 3.71. The predicted molar refractivity (Wildman–Crippen MR) is 129 cm³/mol. The average molecular weight is 498 g/mol. The highest BCUT2D eigenvalue weighted by Crippen LogP contribution is 2.37. The smallest absolute Gasteiger partial charge is 0.347 e. The summed E-state index contributed by atoms with van der Waals surface area (Å²) >= 11 is 0. The molecule has 2 atom stereocenters. The maximum absolute atomic E-state index is 13.6. The molecule has 36 heavy (non-hydrogen) atoms. The van der Waals surface area contributed by atoms with Crippen molar-refractivity contribution >= 4 is 16.8 Å². The molecule has 0 bridgehead atoms. The van der Waals surface area contributed by atoms with Gasteiger partial charge in [0.2, 0.25) is 0 Å². The largest absolute Gasteiger partial charge is 0.416 e. The van der Waals surface area contributed by atoms with Crippen LogP contribution in [0.3, 0.4) is 0 Å². The highest BCUT2D eigenvalue weighted by molar-refractivity contribution is 5.94. The molecule has 7 nitrogen and oxygen atoms in total. The van der Waals surface area contributed by atoms with E-state index in [1.807, 2.05) is 33.9 Å². The number of alkyl halides is 3. The molecule has 3 aromatic heterocycles. The minimum atomic E-state index is -4.44. The Morgan fingerprint density at radius 1 is 1.14 bits per heavy atom. The molecule has 1 aromatic carbocycles. The second-order valence-corrected chi connectivity index (χ2v) is 9.28. The second-order valence-electron chi connectivity index (χ2n) is 9.28. The molecule has 4 aromatic rings. The van der Waals surface area contributed by atoms with Crippen molar-refractivity contribution in [2.75, 3.05) is 0 Å². The van der Waals surface area contributed by atoms with Crippen LogP contribution in [-0.4, -0.2) is 35.5 Å². The number of carbonyl (C=O) groups is 1. The summed E-state index contributed by atoms with van der Waals surface area (Å²) in [6.07, 6.45) is 0.696. The number of aryl methyl sites for hydroxylation is 2. The van der Waals surface area contributed by atoms with E-state index in [0.717, 1.165) is 23.4 Å². The molecule has 0 saturated carbocycles. The summed E-state index contributed by atoms with van der Waals surface area (Å²) in [4.78, 5) is 32.8. The molecule has 0 aliphatic carbocycles. The molecular formula is C26H26F3N5O2. The number of imidazole rings is 1. The predicted octanol–water partition coefficient (Wildman–Crippen LogP) is 4.94. The van der Waals surface area contributed by atoms with Gasteiger partial charge in [-0.15, -0.1) is 0 Å². The van der Waals surface area contributed by atoms with Crippen LogP contribution in [0, 0.1) is 6.92 Å². The first kappa shape index (κ1) is 23.9. The lowest BCUT2D eigenvalue weighted by atomic mass is 10.0. The molecule has 0 spiro atoms. The third-order valence-corrected chi connectivity index (χ3v) is 6.97. The number of amides is 1. The molecular weight excluding hydrogens is 471 g/mol. The summed E-state index contributed by atoms with van der Waals surface area (Å²) in [5, 5.41) is 0.672. The summed E-state index contributed by atoms with van der Waals surface area (Å²) in [6, 6.07) is 6.25. The minimum absolute atomic E-state index is 0.278. The number of carbonyl (C=O) groups excluding carboxylic acids is 1. The molecule has 0 saturated heterocycles. The number of aromatic nitrogens is 4. The van der Waals surface area contributed by atoms with Gasteiger partial charge in [-0.25, -0.2) is 4.98 Å². The van der Waals surface area contributed by atoms with Gasteiger partial charge in [0.15, 0.2) is 0 Å². The molecule has 10 heteroatoms. The van der Waals surface area contributed by atoms with Crippen LogP contribution in [0.1, 0.15) is 54.1 Å². The van der Waals surface area contributed by atoms with Crippen molar-refractivity contribution in [2.45, 2.75) is 59.0 Å². The van der Waals surface area contributed by atoms with E-state index in [-0.39, 0.29) is 23.2 Å². The van der Waals surface area contributed by atoms with Gasteiger partial charge in [0.1, 0.15) is 11.4 Å². The van der Waals surface area contributed by atoms with Crippen LogP contribution in [0.25, 0.3) is 16.6 Å². The zero-order valence-electron chi connectivity index (χ0n) is 20.4. The summed E-state index contributed by atoms with van der Waals surface area (Å²) in [5.41, 5.74) is 1.72. The third-order valence-electron chi connectivity index (χ3n) is 6.97. The number of benzene rings is 1. The van der Waals surface area contributed by atoms with E-state index in [1.54, 1.807) is 38.7 Å². The zero-order valence-corrected chi connectivity index (χ0v) is 20.4. The van der Waals surface area contributed by atoms with Crippen molar-refractivity contribution in [3.8, 4) is 5.69 Å². The maximum atomic E-state index is 13.6. The molecule has 0 radical (unpaired) electrons. The Hall–Kier alpha value is -3.82. The minimum Gasteiger partial charge on any atom is -0.347 e. The van der Waals surface area contributed by atoms with E-state index >= 15 is 0 Å². The van der Waals surface area contributed by atoms with Crippen LogP contribution in [0.2, 0.25) is 0 Å². The highest BCUT2D eigenvalue weighted by atomic mass is 19.4. The Kier molecular flexibility index (Phi) is 5.57. The van der Waals surface area contributed by atoms with E-state index in [4.69, 9.17) is 0 Å². The number of rotatable bonds is 4. The summed E-state index contributed by atoms with van der Waals surface area (Å²) in [5.74, 6) is -0.295. The number of hydrogen-bond donors (Lipinski definition) is 0. The lowest BCUT2D eigenvalue weighted by molar-refractivity contribution is -0.137. The fraction of sp³-hybridized carbons (Fsp3) is 0.346. The SMILES string of the molecule is CCn1cc([C@@H](C)N2C(=O)c3ccc(-n4cnc(C)c4)c(=O)n3C[C@@H]2C)c2ccc(C(F)(F)F)cc21. The molecule has 188 valence electrons. The van der Waals surface area contributed by atoms with Crippen molar-refractivity contribution in [3.05, 3.63) is 81.9 Å². The van der Waals surface area contributed by atoms with E-state index < -0.39 is 17.8 Å². The molecule has 1 aliphatic heterocycles. The number of hydrogen-bond acceptors (Lipinski definition) is 3. The first-order valence-electron chi connectivity index (χ1n) is 11.8. The first-order valence-corrected chi connectivity index (χ1v) is 11.8. The van der Waals surface area contributed by atoms with Crippen molar-refractivity contribution < 1.29 is 18.0 Å². The van der Waals surface area contributed by atoms with Gasteiger partial charge in [-0.2, -0.15) is 13.2 Å². The topological polar surface area (TPSA) is 65.1 Å². The van der Waals surface area contributed by atoms with Crippen LogP contribution >= 0.6 is 0 Å². The molecule has 0 fully saturated rings. The Labute approximate surface area is 205 Å². The number of fused-ring (bicyclic) bond motifs is 2. The molecule has 4 heterocycles. The second kappa shape index (κ2) is 8.39. The van der Waals surface area contributed by atoms with Gasteiger partial charge in [-0.1, -0.05) is 6.07 Å². The standard InChI is InChI=1S/C26H26F3N5O2/c1-5-31-13-20(19-7-6-18(10-23(19)31)26(27,28)29)17(4)34-16(3)12-33-22(25(34)36)9-8-21(24(33)35)32-11-15(2)30-14-32/h6-11,13-14,16-17H,5,12H2,1-4H3/t16-,17+/m0/s1. The Bertz CT molecular complexity index is 1550. The Morgan fingerprint density at radius 3 is 2.53 bits per heavy atom. The lowest BCUT2D eigenvalue weighted by Crippen LogP contribution is -2.50. The summed E-state index contributed by atoms with van der Waals surface area (Å²) in [7, 11) is 0. The van der Waals surface area contributed by atoms with Crippen molar-refractivity contribution in [1.29, 1.82) is 0 Å². The fourth-order valence-corrected chi connectivity index (χ4v) is 5.17. The molecule has 5 rings (SSSR count). The van der Waals surface area contributed by atoms with Gasteiger partial charge in [0, 0.05) is 42.4 Å². The van der Waals surface area contributed by atoms with Crippen LogP contribution in [-0.2, 0) is 19.3 Å². The molecule has 1 amide bonds. The monoisotopic (exact) mass is 497 g/mol. The zero-order chi connectivity index (χ0) is 25.9. The van der Waals surface area contributed by atoms with Gasteiger partial charge in [0.05, 0.1) is 23.6 Å². The van der Waals surface area contributed by atoms with E-state index in [0.29, 0.717) is 29.7 Å². The van der Waals surface area contributed by atoms with Crippen molar-refractivity contribution in [2.24, 2.45) is 0 Å².